The summed E-state index contributed by atoms with van der Waals surface area (Å²) < 4.78 is 2.18. The minimum Gasteiger partial charge on any atom is -0.289 e. The standard InChI is InChI=1S/C11H7IOS2/c12-9-3-1-8(2-4-9)10(13)7-11-14-5-6-15-11/h1-7H. The van der Waals surface area contributed by atoms with Crippen LogP contribution < -0.4 is 0 Å². The Bertz CT molecular complexity index is 424. The molecule has 0 atom stereocenters. The molecule has 0 saturated heterocycles. The second kappa shape index (κ2) is 5.23. The van der Waals surface area contributed by atoms with E-state index in [0.29, 0.717) is 0 Å². The van der Waals surface area contributed by atoms with Crippen LogP contribution >= 0.6 is 46.1 Å². The zero-order valence-corrected chi connectivity index (χ0v) is 11.4. The maximum atomic E-state index is 11.8. The molecular formula is C11H7IOS2. The molecule has 0 unspecified atom stereocenters. The molecule has 4 heteroatoms. The second-order valence-corrected chi connectivity index (χ2v) is 6.24. The zero-order chi connectivity index (χ0) is 10.7. The highest BCUT2D eigenvalue weighted by atomic mass is 127. The van der Waals surface area contributed by atoms with Crippen molar-refractivity contribution >= 4 is 51.9 Å². The van der Waals surface area contributed by atoms with Crippen LogP contribution in [-0.2, 0) is 0 Å². The quantitative estimate of drug-likeness (QED) is 0.452. The highest BCUT2D eigenvalue weighted by Gasteiger charge is 2.07. The van der Waals surface area contributed by atoms with Gasteiger partial charge in [0.05, 0.1) is 4.24 Å². The smallest absolute Gasteiger partial charge is 0.187 e. The molecule has 1 aromatic rings. The van der Waals surface area contributed by atoms with Gasteiger partial charge in [-0.3, -0.25) is 4.79 Å². The van der Waals surface area contributed by atoms with Gasteiger partial charge >= 0.3 is 0 Å². The fraction of sp³-hybridized carbons (Fsp3) is 0. The maximum absolute atomic E-state index is 11.8. The molecule has 76 valence electrons. The van der Waals surface area contributed by atoms with Gasteiger partial charge in [0.15, 0.2) is 5.78 Å². The topological polar surface area (TPSA) is 17.1 Å². The zero-order valence-electron chi connectivity index (χ0n) is 7.64. The van der Waals surface area contributed by atoms with Crippen molar-refractivity contribution in [3.63, 3.8) is 0 Å². The van der Waals surface area contributed by atoms with Crippen LogP contribution in [0.3, 0.4) is 0 Å². The Morgan fingerprint density at radius 1 is 1.13 bits per heavy atom. The molecule has 0 radical (unpaired) electrons. The molecular weight excluding hydrogens is 339 g/mol. The monoisotopic (exact) mass is 346 g/mol. The van der Waals surface area contributed by atoms with Gasteiger partial charge in [-0.15, -0.1) is 0 Å². The average Bonchev–Trinajstić information content (AvgIpc) is 2.71. The molecule has 0 aromatic heterocycles. The van der Waals surface area contributed by atoms with E-state index in [2.05, 4.69) is 22.6 Å². The SMILES string of the molecule is O=C(C=C1SC=CS1)c1ccc(I)cc1. The van der Waals surface area contributed by atoms with Gasteiger partial charge in [0, 0.05) is 15.2 Å². The van der Waals surface area contributed by atoms with Crippen LogP contribution in [0.2, 0.25) is 0 Å². The van der Waals surface area contributed by atoms with E-state index in [0.717, 1.165) is 13.4 Å². The molecule has 0 amide bonds. The van der Waals surface area contributed by atoms with Crippen molar-refractivity contribution in [1.82, 2.24) is 0 Å². The molecule has 0 fully saturated rings. The lowest BCUT2D eigenvalue weighted by Gasteiger charge is -1.97. The van der Waals surface area contributed by atoms with Crippen molar-refractivity contribution in [3.8, 4) is 0 Å². The van der Waals surface area contributed by atoms with Crippen molar-refractivity contribution in [3.05, 3.63) is 54.5 Å². The highest BCUT2D eigenvalue weighted by Crippen LogP contribution is 2.37. The van der Waals surface area contributed by atoms with Crippen molar-refractivity contribution in [2.45, 2.75) is 0 Å². The lowest BCUT2D eigenvalue weighted by molar-refractivity contribution is 0.104. The lowest BCUT2D eigenvalue weighted by Crippen LogP contribution is -1.94. The molecule has 2 rings (SSSR count). The van der Waals surface area contributed by atoms with Crippen molar-refractivity contribution < 1.29 is 4.79 Å². The van der Waals surface area contributed by atoms with E-state index < -0.39 is 0 Å². The number of carbonyl (C=O) groups excluding carboxylic acids is 1. The van der Waals surface area contributed by atoms with Gasteiger partial charge in [-0.05, 0) is 45.5 Å². The molecule has 15 heavy (non-hydrogen) atoms. The van der Waals surface area contributed by atoms with Crippen LogP contribution in [0, 0.1) is 3.57 Å². The predicted molar refractivity (Wildman–Crippen MR) is 75.9 cm³/mol. The fourth-order valence-electron chi connectivity index (χ4n) is 1.09. The van der Waals surface area contributed by atoms with E-state index in [1.807, 2.05) is 35.1 Å². The van der Waals surface area contributed by atoms with E-state index in [1.165, 1.54) is 0 Å². The number of rotatable bonds is 2. The van der Waals surface area contributed by atoms with Crippen molar-refractivity contribution in [2.24, 2.45) is 0 Å². The van der Waals surface area contributed by atoms with Crippen molar-refractivity contribution in [1.29, 1.82) is 0 Å². The number of ketones is 1. The summed E-state index contributed by atoms with van der Waals surface area (Å²) in [6.07, 6.45) is 1.69. The predicted octanol–water partition coefficient (Wildman–Crippen LogP) is 4.27. The van der Waals surface area contributed by atoms with E-state index >= 15 is 0 Å². The minimum absolute atomic E-state index is 0.0742. The lowest BCUT2D eigenvalue weighted by atomic mass is 10.1. The Morgan fingerprint density at radius 3 is 2.33 bits per heavy atom. The highest BCUT2D eigenvalue weighted by molar-refractivity contribution is 14.1. The number of thioether (sulfide) groups is 2. The van der Waals surface area contributed by atoms with E-state index in [9.17, 15) is 4.79 Å². The van der Waals surface area contributed by atoms with Crippen molar-refractivity contribution in [2.75, 3.05) is 0 Å². The summed E-state index contributed by atoms with van der Waals surface area (Å²) in [5.41, 5.74) is 0.746. The van der Waals surface area contributed by atoms with Gasteiger partial charge in [0.25, 0.3) is 0 Å². The summed E-state index contributed by atoms with van der Waals surface area (Å²) in [5.74, 6) is 0.0742. The van der Waals surface area contributed by atoms with Crippen LogP contribution in [0.4, 0.5) is 0 Å². The molecule has 1 nitrogen and oxygen atoms in total. The molecule has 0 saturated carbocycles. The third-order valence-corrected chi connectivity index (χ3v) is 4.52. The summed E-state index contributed by atoms with van der Waals surface area (Å²) in [7, 11) is 0. The van der Waals surface area contributed by atoms with Gasteiger partial charge in [0.1, 0.15) is 0 Å². The summed E-state index contributed by atoms with van der Waals surface area (Å²) in [4.78, 5) is 11.8. The Labute approximate surface area is 111 Å². The molecule has 0 aliphatic carbocycles. The van der Waals surface area contributed by atoms with Gasteiger partial charge in [-0.2, -0.15) is 0 Å². The van der Waals surface area contributed by atoms with Crippen LogP contribution in [0.1, 0.15) is 10.4 Å². The second-order valence-electron chi connectivity index (χ2n) is 2.84. The van der Waals surface area contributed by atoms with Crippen LogP contribution in [0.15, 0.2) is 45.4 Å². The Balaban J connectivity index is 2.14. The normalized spacial score (nSPS) is 14.3. The van der Waals surface area contributed by atoms with Gasteiger partial charge < -0.3 is 0 Å². The number of carbonyl (C=O) groups is 1. The largest absolute Gasteiger partial charge is 0.289 e. The third-order valence-electron chi connectivity index (χ3n) is 1.80. The molecule has 1 aromatic carbocycles. The van der Waals surface area contributed by atoms with Crippen LogP contribution in [0.5, 0.6) is 0 Å². The first-order valence-electron chi connectivity index (χ1n) is 4.25. The Morgan fingerprint density at radius 2 is 1.73 bits per heavy atom. The van der Waals surface area contributed by atoms with E-state index in [4.69, 9.17) is 0 Å². The molecule has 0 spiro atoms. The first-order chi connectivity index (χ1) is 7.25. The van der Waals surface area contributed by atoms with E-state index in [1.54, 1.807) is 29.6 Å². The number of hydrogen-bond donors (Lipinski definition) is 0. The Kier molecular flexibility index (Phi) is 3.93. The minimum atomic E-state index is 0.0742. The van der Waals surface area contributed by atoms with Crippen LogP contribution in [-0.4, -0.2) is 5.78 Å². The molecule has 1 aliphatic rings. The first kappa shape index (κ1) is 11.3. The first-order valence-corrected chi connectivity index (χ1v) is 7.09. The fourth-order valence-corrected chi connectivity index (χ4v) is 3.07. The summed E-state index contributed by atoms with van der Waals surface area (Å²) in [6.45, 7) is 0. The summed E-state index contributed by atoms with van der Waals surface area (Å²) in [6, 6.07) is 7.61. The Hall–Kier alpha value is -0.200. The maximum Gasteiger partial charge on any atom is 0.187 e. The molecule has 1 heterocycles. The number of hydrogen-bond acceptors (Lipinski definition) is 3. The summed E-state index contributed by atoms with van der Waals surface area (Å²) >= 11 is 5.40. The van der Waals surface area contributed by atoms with E-state index in [-0.39, 0.29) is 5.78 Å². The molecule has 0 bridgehead atoms. The number of benzene rings is 1. The van der Waals surface area contributed by atoms with Gasteiger partial charge in [-0.25, -0.2) is 0 Å². The molecule has 0 N–H and O–H groups in total. The van der Waals surface area contributed by atoms with Gasteiger partial charge in [0.2, 0.25) is 0 Å². The average molecular weight is 346 g/mol. The number of halogens is 1. The van der Waals surface area contributed by atoms with Crippen LogP contribution in [0.25, 0.3) is 0 Å². The summed E-state index contributed by atoms with van der Waals surface area (Å²) in [5, 5.41) is 3.97. The molecule has 1 aliphatic heterocycles. The number of allylic oxidation sites excluding steroid dienone is 1. The van der Waals surface area contributed by atoms with Gasteiger partial charge in [-0.1, -0.05) is 35.7 Å². The third kappa shape index (κ3) is 3.12.